The molecule has 0 saturated carbocycles. The molecule has 6 heteroatoms. The molecule has 0 amide bonds. The monoisotopic (exact) mass is 165 g/mol. The third-order valence-electron chi connectivity index (χ3n) is 1.55. The van der Waals surface area contributed by atoms with E-state index >= 15 is 0 Å². The van der Waals surface area contributed by atoms with E-state index in [0.717, 1.165) is 0 Å². The van der Waals surface area contributed by atoms with Crippen LogP contribution in [-0.4, -0.2) is 11.7 Å². The molecule has 1 N–H and O–H groups in total. The van der Waals surface area contributed by atoms with Crippen molar-refractivity contribution in [3.05, 3.63) is 29.6 Å². The molecule has 1 unspecified atom stereocenters. The molecule has 0 saturated heterocycles. The Morgan fingerprint density at radius 1 is 1.50 bits per heavy atom. The molecule has 0 bridgehead atoms. The van der Waals surface area contributed by atoms with Crippen LogP contribution in [-0.2, 0) is 0 Å². The second kappa shape index (κ2) is 2.50. The van der Waals surface area contributed by atoms with Crippen LogP contribution in [0.1, 0.15) is 0 Å². The molecule has 0 aliphatic carbocycles. The lowest BCUT2D eigenvalue weighted by molar-refractivity contribution is 0.406. The summed E-state index contributed by atoms with van der Waals surface area (Å²) in [6.07, 6.45) is 1.56. The normalized spacial score (nSPS) is 27.1. The summed E-state index contributed by atoms with van der Waals surface area (Å²) < 4.78 is -0.874. The van der Waals surface area contributed by atoms with E-state index in [9.17, 15) is 5.21 Å². The summed E-state index contributed by atoms with van der Waals surface area (Å²) in [4.78, 5) is 3.90. The molecule has 2 heterocycles. The molecule has 12 heavy (non-hydrogen) atoms. The van der Waals surface area contributed by atoms with Crippen LogP contribution in [0.5, 0.6) is 0 Å². The molecule has 0 fully saturated rings. The predicted octanol–water partition coefficient (Wildman–Crippen LogP) is 0.730. The first-order valence-corrected chi connectivity index (χ1v) is 3.47. The van der Waals surface area contributed by atoms with Crippen molar-refractivity contribution < 1.29 is 0 Å². The number of pyridine rings is 1. The number of nitrogens with one attached hydrogen (secondary N) is 1. The van der Waals surface area contributed by atoms with E-state index in [1.54, 1.807) is 24.4 Å². The Kier molecular flexibility index (Phi) is 1.49. The van der Waals surface area contributed by atoms with Crippen LogP contribution in [0.4, 0.5) is 5.82 Å². The summed E-state index contributed by atoms with van der Waals surface area (Å²) >= 11 is 0. The van der Waals surface area contributed by atoms with Gasteiger partial charge in [-0.1, -0.05) is 6.07 Å². The summed E-state index contributed by atoms with van der Waals surface area (Å²) in [5.41, 5.74) is 2.49. The molecule has 1 aliphatic heterocycles. The van der Waals surface area contributed by atoms with Gasteiger partial charge in [-0.2, -0.15) is 0 Å². The molecule has 0 spiro atoms. The van der Waals surface area contributed by atoms with E-state index in [1.165, 1.54) is 0 Å². The number of rotatable bonds is 1. The van der Waals surface area contributed by atoms with Crippen molar-refractivity contribution in [1.29, 1.82) is 0 Å². The quantitative estimate of drug-likeness (QED) is 0.492. The van der Waals surface area contributed by atoms with Crippen molar-refractivity contribution in [2.75, 3.05) is 6.67 Å². The molecule has 1 aromatic heterocycles. The van der Waals surface area contributed by atoms with Gasteiger partial charge < -0.3 is 5.21 Å². The Balaban J connectivity index is 2.36. The van der Waals surface area contributed by atoms with Crippen LogP contribution in [0.25, 0.3) is 0 Å². The minimum absolute atomic E-state index is 0.108. The first kappa shape index (κ1) is 7.14. The second-order valence-corrected chi connectivity index (χ2v) is 2.40. The second-order valence-electron chi connectivity index (χ2n) is 2.40. The zero-order chi connectivity index (χ0) is 8.44. The lowest BCUT2D eigenvalue weighted by Gasteiger charge is -2.26. The third kappa shape index (κ3) is 1.03. The van der Waals surface area contributed by atoms with Gasteiger partial charge in [0, 0.05) is 12.3 Å². The van der Waals surface area contributed by atoms with Gasteiger partial charge in [-0.15, -0.1) is 4.76 Å². The maximum atomic E-state index is 11.7. The minimum Gasteiger partial charge on any atom is -0.595 e. The van der Waals surface area contributed by atoms with E-state index in [-0.39, 0.29) is 6.67 Å². The Morgan fingerprint density at radius 2 is 2.42 bits per heavy atom. The molecule has 0 radical (unpaired) electrons. The Hall–Kier alpha value is -1.53. The largest absolute Gasteiger partial charge is 0.595 e. The number of aromatic nitrogens is 1. The average molecular weight is 165 g/mol. The molecule has 1 atom stereocenters. The maximum absolute atomic E-state index is 11.7. The van der Waals surface area contributed by atoms with Crippen LogP contribution >= 0.6 is 0 Å². The molecular formula is C6H7N5O. The van der Waals surface area contributed by atoms with Crippen molar-refractivity contribution in [3.63, 3.8) is 0 Å². The van der Waals surface area contributed by atoms with Gasteiger partial charge in [0.15, 0.2) is 0 Å². The fourth-order valence-corrected chi connectivity index (χ4v) is 0.950. The van der Waals surface area contributed by atoms with E-state index in [1.807, 2.05) is 0 Å². The van der Waals surface area contributed by atoms with Crippen molar-refractivity contribution in [3.8, 4) is 0 Å². The van der Waals surface area contributed by atoms with Gasteiger partial charge in [0.25, 0.3) is 5.82 Å². The topological polar surface area (TPSA) is 72.7 Å². The molecule has 1 aliphatic rings. The number of hydrogen-bond acceptors (Lipinski definition) is 5. The van der Waals surface area contributed by atoms with Crippen LogP contribution in [0, 0.1) is 5.21 Å². The number of quaternary nitrogens is 1. The lowest BCUT2D eigenvalue weighted by atomic mass is 10.4. The Labute approximate surface area is 68.7 Å². The third-order valence-corrected chi connectivity index (χ3v) is 1.55. The molecule has 2 rings (SSSR count). The van der Waals surface area contributed by atoms with Gasteiger partial charge >= 0.3 is 0 Å². The van der Waals surface area contributed by atoms with Crippen molar-refractivity contribution in [2.45, 2.75) is 0 Å². The smallest absolute Gasteiger partial charge is 0.257 e. The van der Waals surface area contributed by atoms with Gasteiger partial charge in [0.1, 0.15) is 0 Å². The number of nitrogens with zero attached hydrogens (tertiary/aromatic N) is 4. The summed E-state index contributed by atoms with van der Waals surface area (Å²) in [6.45, 7) is 0.108. The zero-order valence-corrected chi connectivity index (χ0v) is 6.21. The van der Waals surface area contributed by atoms with Gasteiger partial charge in [-0.25, -0.2) is 10.4 Å². The first-order valence-electron chi connectivity index (χ1n) is 3.47. The van der Waals surface area contributed by atoms with Gasteiger partial charge in [-0.05, 0) is 11.3 Å². The van der Waals surface area contributed by atoms with Crippen LogP contribution in [0.15, 0.2) is 34.8 Å². The van der Waals surface area contributed by atoms with Crippen molar-refractivity contribution in [1.82, 2.24) is 15.2 Å². The fraction of sp³-hybridized carbons (Fsp3) is 0.167. The van der Waals surface area contributed by atoms with Crippen LogP contribution in [0.3, 0.4) is 0 Å². The van der Waals surface area contributed by atoms with E-state index in [2.05, 4.69) is 20.9 Å². The molecule has 62 valence electrons. The molecule has 1 aromatic rings. The zero-order valence-electron chi connectivity index (χ0n) is 6.21. The highest BCUT2D eigenvalue weighted by molar-refractivity contribution is 5.33. The number of hydroxylamine groups is 1. The standard InChI is InChI=1S/C6H7N5O/c12-11(5-8-9-10-11)6-3-1-2-4-7-6/h1-4H,5H2,(H,8,10). The highest BCUT2D eigenvalue weighted by Crippen LogP contribution is 2.20. The van der Waals surface area contributed by atoms with Crippen molar-refractivity contribution >= 4 is 5.82 Å². The van der Waals surface area contributed by atoms with Crippen molar-refractivity contribution in [2.24, 2.45) is 10.4 Å². The summed E-state index contributed by atoms with van der Waals surface area (Å²) in [7, 11) is 0. The predicted molar refractivity (Wildman–Crippen MR) is 42.3 cm³/mol. The molecule has 0 aromatic carbocycles. The van der Waals surface area contributed by atoms with E-state index < -0.39 is 4.76 Å². The highest BCUT2D eigenvalue weighted by Gasteiger charge is 2.25. The van der Waals surface area contributed by atoms with Gasteiger partial charge in [0.2, 0.25) is 6.67 Å². The summed E-state index contributed by atoms with van der Waals surface area (Å²) in [6, 6.07) is 5.11. The Bertz CT molecular complexity index is 300. The summed E-state index contributed by atoms with van der Waals surface area (Å²) in [5, 5.41) is 18.5. The highest BCUT2D eigenvalue weighted by atomic mass is 16.6. The number of hydrogen-bond donors (Lipinski definition) is 1. The fourth-order valence-electron chi connectivity index (χ4n) is 0.950. The molecule has 6 nitrogen and oxygen atoms in total. The van der Waals surface area contributed by atoms with E-state index in [4.69, 9.17) is 0 Å². The van der Waals surface area contributed by atoms with Gasteiger partial charge in [0.05, 0.1) is 5.22 Å². The summed E-state index contributed by atoms with van der Waals surface area (Å²) in [5.74, 6) is 0.339. The first-order chi connectivity index (χ1) is 5.81. The molecular weight excluding hydrogens is 158 g/mol. The minimum atomic E-state index is -0.874. The average Bonchev–Trinajstić information content (AvgIpc) is 2.55. The Morgan fingerprint density at radius 3 is 3.00 bits per heavy atom. The van der Waals surface area contributed by atoms with Crippen LogP contribution in [0.2, 0.25) is 0 Å². The SMILES string of the molecule is [O-][N+]1(c2ccccn2)CNN=N1. The van der Waals surface area contributed by atoms with E-state index in [0.29, 0.717) is 5.82 Å². The maximum Gasteiger partial charge on any atom is 0.257 e. The van der Waals surface area contributed by atoms with Crippen LogP contribution < -0.4 is 10.2 Å². The van der Waals surface area contributed by atoms with Gasteiger partial charge in [-0.3, -0.25) is 0 Å². The lowest BCUT2D eigenvalue weighted by Crippen LogP contribution is -2.38.